The fourth-order valence-electron chi connectivity index (χ4n) is 2.45. The lowest BCUT2D eigenvalue weighted by atomic mass is 9.99. The standard InChI is InChI=1S/C16H18N4O2S/c1-10-6-12(13-7-18-20(3)14(13)19-10)15(21)17-9-16(2,22)11-4-5-23-8-11/h4-8,22H,9H2,1-3H3,(H,17,21). The Morgan fingerprint density at radius 3 is 3.00 bits per heavy atom. The van der Waals surface area contributed by atoms with Crippen LogP contribution in [0.2, 0.25) is 0 Å². The molecule has 0 saturated heterocycles. The first-order chi connectivity index (χ1) is 10.9. The van der Waals surface area contributed by atoms with Crippen molar-refractivity contribution in [2.75, 3.05) is 6.54 Å². The predicted octanol–water partition coefficient (Wildman–Crippen LogP) is 1.98. The number of rotatable bonds is 4. The number of thiophene rings is 1. The molecule has 0 fully saturated rings. The zero-order valence-corrected chi connectivity index (χ0v) is 14.0. The van der Waals surface area contributed by atoms with Gasteiger partial charge in [-0.25, -0.2) is 4.98 Å². The summed E-state index contributed by atoms with van der Waals surface area (Å²) in [6.45, 7) is 3.66. The second kappa shape index (κ2) is 5.75. The van der Waals surface area contributed by atoms with E-state index in [1.807, 2.05) is 23.8 Å². The highest BCUT2D eigenvalue weighted by Gasteiger charge is 2.25. The van der Waals surface area contributed by atoms with E-state index in [0.29, 0.717) is 16.6 Å². The van der Waals surface area contributed by atoms with E-state index in [0.717, 1.165) is 11.3 Å². The lowest BCUT2D eigenvalue weighted by Gasteiger charge is -2.22. The molecule has 0 aliphatic carbocycles. The number of pyridine rings is 1. The van der Waals surface area contributed by atoms with Gasteiger partial charge in [-0.05, 0) is 42.3 Å². The summed E-state index contributed by atoms with van der Waals surface area (Å²) in [5, 5.41) is 21.9. The maximum absolute atomic E-state index is 12.6. The van der Waals surface area contributed by atoms with Crippen LogP contribution in [0, 0.1) is 6.92 Å². The Balaban J connectivity index is 1.84. The number of nitrogens with zero attached hydrogens (tertiary/aromatic N) is 3. The molecule has 3 rings (SSSR count). The van der Waals surface area contributed by atoms with Crippen molar-refractivity contribution in [3.8, 4) is 0 Å². The Morgan fingerprint density at radius 2 is 2.30 bits per heavy atom. The second-order valence-electron chi connectivity index (χ2n) is 5.79. The van der Waals surface area contributed by atoms with E-state index in [9.17, 15) is 9.90 Å². The Hall–Kier alpha value is -2.25. The number of carbonyl (C=O) groups is 1. The quantitative estimate of drug-likeness (QED) is 0.766. The Kier molecular flexibility index (Phi) is 3.91. The number of aliphatic hydroxyl groups is 1. The van der Waals surface area contributed by atoms with Gasteiger partial charge in [0.2, 0.25) is 0 Å². The van der Waals surface area contributed by atoms with Crippen LogP contribution in [-0.2, 0) is 12.6 Å². The van der Waals surface area contributed by atoms with Crippen LogP contribution in [0.15, 0.2) is 29.1 Å². The maximum Gasteiger partial charge on any atom is 0.252 e. The largest absolute Gasteiger partial charge is 0.384 e. The molecule has 0 spiro atoms. The van der Waals surface area contributed by atoms with E-state index in [1.54, 1.807) is 30.9 Å². The molecule has 1 amide bonds. The zero-order chi connectivity index (χ0) is 16.6. The lowest BCUT2D eigenvalue weighted by molar-refractivity contribution is 0.0530. The molecule has 1 atom stereocenters. The minimum Gasteiger partial charge on any atom is -0.384 e. The molecule has 0 saturated carbocycles. The van der Waals surface area contributed by atoms with Gasteiger partial charge in [-0.2, -0.15) is 16.4 Å². The number of hydrogen-bond acceptors (Lipinski definition) is 5. The molecule has 1 unspecified atom stereocenters. The number of aromatic nitrogens is 3. The SMILES string of the molecule is Cc1cc(C(=O)NCC(C)(O)c2ccsc2)c2cnn(C)c2n1. The fourth-order valence-corrected chi connectivity index (χ4v) is 3.23. The molecular weight excluding hydrogens is 312 g/mol. The first kappa shape index (κ1) is 15.6. The smallest absolute Gasteiger partial charge is 0.252 e. The van der Waals surface area contributed by atoms with Crippen LogP contribution >= 0.6 is 11.3 Å². The van der Waals surface area contributed by atoms with Gasteiger partial charge in [0.05, 0.1) is 23.7 Å². The predicted molar refractivity (Wildman–Crippen MR) is 89.5 cm³/mol. The molecule has 23 heavy (non-hydrogen) atoms. The van der Waals surface area contributed by atoms with Crippen molar-refractivity contribution in [2.24, 2.45) is 7.05 Å². The van der Waals surface area contributed by atoms with Gasteiger partial charge in [0.1, 0.15) is 5.60 Å². The van der Waals surface area contributed by atoms with Gasteiger partial charge in [0.15, 0.2) is 5.65 Å². The first-order valence-corrected chi connectivity index (χ1v) is 8.15. The molecule has 3 aromatic rings. The molecule has 6 nitrogen and oxygen atoms in total. The van der Waals surface area contributed by atoms with Gasteiger partial charge in [-0.1, -0.05) is 0 Å². The molecular formula is C16H18N4O2S. The van der Waals surface area contributed by atoms with Gasteiger partial charge in [-0.15, -0.1) is 0 Å². The van der Waals surface area contributed by atoms with Crippen LogP contribution in [0.4, 0.5) is 0 Å². The number of nitrogens with one attached hydrogen (secondary N) is 1. The number of carbonyl (C=O) groups excluding carboxylic acids is 1. The van der Waals surface area contributed by atoms with Gasteiger partial charge in [0.25, 0.3) is 5.91 Å². The van der Waals surface area contributed by atoms with Crippen LogP contribution in [0.3, 0.4) is 0 Å². The highest BCUT2D eigenvalue weighted by atomic mass is 32.1. The summed E-state index contributed by atoms with van der Waals surface area (Å²) in [5.41, 5.74) is 1.61. The van der Waals surface area contributed by atoms with Gasteiger partial charge >= 0.3 is 0 Å². The normalized spacial score (nSPS) is 13.9. The van der Waals surface area contributed by atoms with Crippen molar-refractivity contribution in [3.63, 3.8) is 0 Å². The molecule has 0 radical (unpaired) electrons. The van der Waals surface area contributed by atoms with Crippen molar-refractivity contribution in [2.45, 2.75) is 19.4 Å². The third kappa shape index (κ3) is 2.97. The molecule has 120 valence electrons. The van der Waals surface area contributed by atoms with Crippen LogP contribution in [0.25, 0.3) is 11.0 Å². The van der Waals surface area contributed by atoms with Gasteiger partial charge in [0, 0.05) is 12.7 Å². The summed E-state index contributed by atoms with van der Waals surface area (Å²) in [4.78, 5) is 17.0. The molecule has 3 aromatic heterocycles. The molecule has 0 bridgehead atoms. The van der Waals surface area contributed by atoms with Crippen LogP contribution in [0.1, 0.15) is 28.5 Å². The summed E-state index contributed by atoms with van der Waals surface area (Å²) in [6.07, 6.45) is 1.63. The average Bonchev–Trinajstić information content (AvgIpc) is 3.15. The van der Waals surface area contributed by atoms with E-state index < -0.39 is 5.60 Å². The molecule has 0 aliphatic heterocycles. The highest BCUT2D eigenvalue weighted by molar-refractivity contribution is 7.08. The summed E-state index contributed by atoms with van der Waals surface area (Å²) in [7, 11) is 1.79. The van der Waals surface area contributed by atoms with E-state index >= 15 is 0 Å². The van der Waals surface area contributed by atoms with Crippen LogP contribution in [-0.4, -0.2) is 32.3 Å². The molecule has 7 heteroatoms. The Morgan fingerprint density at radius 1 is 1.52 bits per heavy atom. The monoisotopic (exact) mass is 330 g/mol. The number of fused-ring (bicyclic) bond motifs is 1. The number of hydrogen-bond donors (Lipinski definition) is 2. The zero-order valence-electron chi connectivity index (χ0n) is 13.2. The van der Waals surface area contributed by atoms with E-state index in [2.05, 4.69) is 15.4 Å². The third-order valence-corrected chi connectivity index (χ3v) is 4.50. The minimum absolute atomic E-state index is 0.131. The third-order valence-electron chi connectivity index (χ3n) is 3.81. The highest BCUT2D eigenvalue weighted by Crippen LogP contribution is 2.23. The molecule has 0 aliphatic rings. The van der Waals surface area contributed by atoms with E-state index in [1.165, 1.54) is 11.3 Å². The number of amides is 1. The van der Waals surface area contributed by atoms with Crippen molar-refractivity contribution < 1.29 is 9.90 Å². The lowest BCUT2D eigenvalue weighted by Crippen LogP contribution is -2.38. The summed E-state index contributed by atoms with van der Waals surface area (Å²) >= 11 is 1.51. The summed E-state index contributed by atoms with van der Waals surface area (Å²) < 4.78 is 1.64. The summed E-state index contributed by atoms with van der Waals surface area (Å²) in [6, 6.07) is 3.59. The van der Waals surface area contributed by atoms with Gasteiger partial charge < -0.3 is 10.4 Å². The van der Waals surface area contributed by atoms with Crippen molar-refractivity contribution in [1.82, 2.24) is 20.1 Å². The molecule has 3 heterocycles. The topological polar surface area (TPSA) is 80.0 Å². The number of aryl methyl sites for hydroxylation is 2. The van der Waals surface area contributed by atoms with Crippen molar-refractivity contribution in [3.05, 3.63) is 45.9 Å². The van der Waals surface area contributed by atoms with Crippen LogP contribution in [0.5, 0.6) is 0 Å². The van der Waals surface area contributed by atoms with Gasteiger partial charge in [-0.3, -0.25) is 9.48 Å². The molecule has 2 N–H and O–H groups in total. The van der Waals surface area contributed by atoms with Crippen LogP contribution < -0.4 is 5.32 Å². The minimum atomic E-state index is -1.11. The maximum atomic E-state index is 12.6. The first-order valence-electron chi connectivity index (χ1n) is 7.21. The van der Waals surface area contributed by atoms with Crippen molar-refractivity contribution in [1.29, 1.82) is 0 Å². The second-order valence-corrected chi connectivity index (χ2v) is 6.57. The Bertz CT molecular complexity index is 852. The average molecular weight is 330 g/mol. The summed E-state index contributed by atoms with van der Waals surface area (Å²) in [5.74, 6) is -0.246. The molecule has 0 aromatic carbocycles. The van der Waals surface area contributed by atoms with E-state index in [-0.39, 0.29) is 12.5 Å². The van der Waals surface area contributed by atoms with E-state index in [4.69, 9.17) is 0 Å². The fraction of sp³-hybridized carbons (Fsp3) is 0.312. The van der Waals surface area contributed by atoms with Crippen molar-refractivity contribution >= 4 is 28.3 Å². The Labute approximate surface area is 137 Å².